The third kappa shape index (κ3) is 4.59. The lowest BCUT2D eigenvalue weighted by molar-refractivity contribution is -0.134. The highest BCUT2D eigenvalue weighted by atomic mass is 16.5. The van der Waals surface area contributed by atoms with Crippen molar-refractivity contribution < 1.29 is 19.1 Å². The number of esters is 1. The number of ether oxygens (including phenoxy) is 2. The second-order valence-electron chi connectivity index (χ2n) is 5.41. The molecule has 2 rings (SSSR count). The molecule has 0 aliphatic rings. The quantitative estimate of drug-likeness (QED) is 0.644. The molecule has 0 heterocycles. The molecule has 0 fully saturated rings. The minimum atomic E-state index is -0.346. The number of anilines is 1. The average Bonchev–Trinajstić information content (AvgIpc) is 2.55. The molecule has 2 aromatic rings. The van der Waals surface area contributed by atoms with Gasteiger partial charge in [-0.1, -0.05) is 13.0 Å². The lowest BCUT2D eigenvalue weighted by atomic mass is 10.1. The molecular weight excluding hydrogens is 306 g/mol. The second-order valence-corrected chi connectivity index (χ2v) is 5.41. The maximum atomic E-state index is 12.5. The third-order valence-corrected chi connectivity index (χ3v) is 3.41. The number of nitrogens with one attached hydrogen (secondary N) is 1. The number of amides is 1. The van der Waals surface area contributed by atoms with Gasteiger partial charge in [-0.05, 0) is 55.3 Å². The molecule has 0 unspecified atom stereocenters. The van der Waals surface area contributed by atoms with Gasteiger partial charge in [-0.3, -0.25) is 9.59 Å². The van der Waals surface area contributed by atoms with Gasteiger partial charge in [-0.2, -0.15) is 0 Å². The van der Waals surface area contributed by atoms with E-state index in [4.69, 9.17) is 9.47 Å². The SMILES string of the molecule is CCCC(=O)Oc1cc(C)ccc1C(=O)Nc1ccc(OC)cc1. The fourth-order valence-electron chi connectivity index (χ4n) is 2.15. The van der Waals surface area contributed by atoms with Gasteiger partial charge in [-0.25, -0.2) is 0 Å². The Labute approximate surface area is 141 Å². The number of methoxy groups -OCH3 is 1. The maximum absolute atomic E-state index is 12.5. The molecule has 1 amide bonds. The molecule has 0 saturated heterocycles. The molecular formula is C19H21NO4. The van der Waals surface area contributed by atoms with Crippen LogP contribution in [-0.2, 0) is 4.79 Å². The highest BCUT2D eigenvalue weighted by molar-refractivity contribution is 6.06. The van der Waals surface area contributed by atoms with Crippen LogP contribution in [0.5, 0.6) is 11.5 Å². The molecule has 0 radical (unpaired) electrons. The largest absolute Gasteiger partial charge is 0.497 e. The van der Waals surface area contributed by atoms with E-state index < -0.39 is 0 Å². The van der Waals surface area contributed by atoms with E-state index in [0.717, 1.165) is 5.56 Å². The van der Waals surface area contributed by atoms with Crippen molar-refractivity contribution >= 4 is 17.6 Å². The number of hydrogen-bond acceptors (Lipinski definition) is 4. The van der Waals surface area contributed by atoms with E-state index in [1.54, 1.807) is 49.6 Å². The van der Waals surface area contributed by atoms with Gasteiger partial charge in [0.1, 0.15) is 11.5 Å². The summed E-state index contributed by atoms with van der Waals surface area (Å²) in [6.45, 7) is 3.77. The van der Waals surface area contributed by atoms with Crippen LogP contribution in [0.2, 0.25) is 0 Å². The van der Waals surface area contributed by atoms with Gasteiger partial charge in [0.15, 0.2) is 0 Å². The van der Waals surface area contributed by atoms with Crippen molar-refractivity contribution in [3.63, 3.8) is 0 Å². The summed E-state index contributed by atoms with van der Waals surface area (Å²) < 4.78 is 10.4. The highest BCUT2D eigenvalue weighted by Gasteiger charge is 2.16. The molecule has 0 saturated carbocycles. The van der Waals surface area contributed by atoms with Crippen molar-refractivity contribution in [2.75, 3.05) is 12.4 Å². The van der Waals surface area contributed by atoms with Crippen LogP contribution in [-0.4, -0.2) is 19.0 Å². The Hall–Kier alpha value is -2.82. The zero-order valence-electron chi connectivity index (χ0n) is 14.1. The van der Waals surface area contributed by atoms with Crippen LogP contribution in [0.3, 0.4) is 0 Å². The lowest BCUT2D eigenvalue weighted by Gasteiger charge is -2.11. The van der Waals surface area contributed by atoms with E-state index in [-0.39, 0.29) is 17.6 Å². The number of benzene rings is 2. The minimum Gasteiger partial charge on any atom is -0.497 e. The zero-order valence-corrected chi connectivity index (χ0v) is 14.1. The first kappa shape index (κ1) is 17.5. The van der Waals surface area contributed by atoms with Crippen LogP contribution in [0.15, 0.2) is 42.5 Å². The zero-order chi connectivity index (χ0) is 17.5. The number of aryl methyl sites for hydroxylation is 1. The standard InChI is InChI=1S/C19H21NO4/c1-4-5-18(21)24-17-12-13(2)6-11-16(17)19(22)20-14-7-9-15(23-3)10-8-14/h6-12H,4-5H2,1-3H3,(H,20,22). The normalized spacial score (nSPS) is 10.1. The summed E-state index contributed by atoms with van der Waals surface area (Å²) in [5, 5.41) is 2.79. The molecule has 0 bridgehead atoms. The van der Waals surface area contributed by atoms with Gasteiger partial charge < -0.3 is 14.8 Å². The summed E-state index contributed by atoms with van der Waals surface area (Å²) >= 11 is 0. The first-order valence-electron chi connectivity index (χ1n) is 7.80. The number of carbonyl (C=O) groups excluding carboxylic acids is 2. The Morgan fingerprint density at radius 1 is 1.08 bits per heavy atom. The van der Waals surface area contributed by atoms with Crippen LogP contribution in [0.25, 0.3) is 0 Å². The van der Waals surface area contributed by atoms with E-state index in [9.17, 15) is 9.59 Å². The van der Waals surface area contributed by atoms with E-state index >= 15 is 0 Å². The van der Waals surface area contributed by atoms with Gasteiger partial charge in [0.25, 0.3) is 5.91 Å². The predicted molar refractivity (Wildman–Crippen MR) is 92.7 cm³/mol. The summed E-state index contributed by atoms with van der Waals surface area (Å²) in [6, 6.07) is 12.2. The molecule has 24 heavy (non-hydrogen) atoms. The molecule has 0 atom stereocenters. The van der Waals surface area contributed by atoms with Crippen LogP contribution < -0.4 is 14.8 Å². The molecule has 5 heteroatoms. The topological polar surface area (TPSA) is 64.6 Å². The summed E-state index contributed by atoms with van der Waals surface area (Å²) in [5.74, 6) is 0.304. The molecule has 0 spiro atoms. The van der Waals surface area contributed by atoms with Crippen molar-refractivity contribution in [3.8, 4) is 11.5 Å². The fraction of sp³-hybridized carbons (Fsp3) is 0.263. The average molecular weight is 327 g/mol. The predicted octanol–water partition coefficient (Wildman–Crippen LogP) is 3.96. The smallest absolute Gasteiger partial charge is 0.311 e. The summed E-state index contributed by atoms with van der Waals surface area (Å²) in [5.41, 5.74) is 1.86. The summed E-state index contributed by atoms with van der Waals surface area (Å²) in [4.78, 5) is 24.3. The van der Waals surface area contributed by atoms with Crippen molar-refractivity contribution in [3.05, 3.63) is 53.6 Å². The lowest BCUT2D eigenvalue weighted by Crippen LogP contribution is -2.16. The van der Waals surface area contributed by atoms with Crippen molar-refractivity contribution in [2.45, 2.75) is 26.7 Å². The number of rotatable bonds is 6. The molecule has 126 valence electrons. The Bertz CT molecular complexity index is 723. The van der Waals surface area contributed by atoms with Crippen molar-refractivity contribution in [2.24, 2.45) is 0 Å². The van der Waals surface area contributed by atoms with E-state index in [0.29, 0.717) is 29.8 Å². The third-order valence-electron chi connectivity index (χ3n) is 3.41. The van der Waals surface area contributed by atoms with E-state index in [1.807, 2.05) is 13.8 Å². The van der Waals surface area contributed by atoms with Crippen LogP contribution in [0.4, 0.5) is 5.69 Å². The van der Waals surface area contributed by atoms with Crippen molar-refractivity contribution in [1.82, 2.24) is 0 Å². The monoisotopic (exact) mass is 327 g/mol. The van der Waals surface area contributed by atoms with Gasteiger partial charge in [-0.15, -0.1) is 0 Å². The van der Waals surface area contributed by atoms with Crippen molar-refractivity contribution in [1.29, 1.82) is 0 Å². The van der Waals surface area contributed by atoms with Gasteiger partial charge >= 0.3 is 5.97 Å². The van der Waals surface area contributed by atoms with Crippen LogP contribution in [0.1, 0.15) is 35.7 Å². The van der Waals surface area contributed by atoms with Gasteiger partial charge in [0.05, 0.1) is 12.7 Å². The Balaban J connectivity index is 2.19. The first-order chi connectivity index (χ1) is 11.5. The molecule has 5 nitrogen and oxygen atoms in total. The molecule has 1 N–H and O–H groups in total. The van der Waals surface area contributed by atoms with Gasteiger partial charge in [0.2, 0.25) is 0 Å². The molecule has 2 aromatic carbocycles. The Morgan fingerprint density at radius 3 is 2.42 bits per heavy atom. The summed E-state index contributed by atoms with van der Waals surface area (Å²) in [7, 11) is 1.58. The van der Waals surface area contributed by atoms with E-state index in [2.05, 4.69) is 5.32 Å². The van der Waals surface area contributed by atoms with E-state index in [1.165, 1.54) is 0 Å². The highest BCUT2D eigenvalue weighted by Crippen LogP contribution is 2.23. The second kappa shape index (κ2) is 8.15. The minimum absolute atomic E-state index is 0.277. The number of carbonyl (C=O) groups is 2. The summed E-state index contributed by atoms with van der Waals surface area (Å²) in [6.07, 6.45) is 1.01. The van der Waals surface area contributed by atoms with Gasteiger partial charge in [0, 0.05) is 12.1 Å². The number of hydrogen-bond donors (Lipinski definition) is 1. The maximum Gasteiger partial charge on any atom is 0.311 e. The van der Waals surface area contributed by atoms with Crippen LogP contribution in [0, 0.1) is 6.92 Å². The first-order valence-corrected chi connectivity index (χ1v) is 7.80. The fourth-order valence-corrected chi connectivity index (χ4v) is 2.15. The molecule has 0 aliphatic heterocycles. The van der Waals surface area contributed by atoms with Crippen LogP contribution >= 0.6 is 0 Å². The molecule has 0 aromatic heterocycles. The molecule has 0 aliphatic carbocycles. The Morgan fingerprint density at radius 2 is 1.79 bits per heavy atom. The Kier molecular flexibility index (Phi) is 5.95.